The fourth-order valence-corrected chi connectivity index (χ4v) is 3.76. The van der Waals surface area contributed by atoms with E-state index < -0.39 is 27.3 Å². The third kappa shape index (κ3) is 4.88. The van der Waals surface area contributed by atoms with E-state index in [4.69, 9.17) is 0 Å². The topological polar surface area (TPSA) is 81.1 Å². The largest absolute Gasteiger partial charge is 0.310 e. The number of nitrogens with zero attached hydrogens (tertiary/aromatic N) is 2. The number of amides is 1. The number of halogens is 1. The molecule has 2 rings (SSSR count). The number of sulfone groups is 1. The molecule has 0 spiro atoms. The molecule has 1 N–H and O–H groups in total. The van der Waals surface area contributed by atoms with Gasteiger partial charge in [-0.15, -0.1) is 0 Å². The summed E-state index contributed by atoms with van der Waals surface area (Å²) in [5, 5.41) is 6.51. The first kappa shape index (κ1) is 17.1. The van der Waals surface area contributed by atoms with Gasteiger partial charge in [0.05, 0.1) is 17.6 Å². The van der Waals surface area contributed by atoms with Crippen molar-refractivity contribution >= 4 is 21.6 Å². The molecule has 1 amide bonds. The predicted molar refractivity (Wildman–Crippen MR) is 85.6 cm³/mol. The first-order chi connectivity index (χ1) is 10.8. The lowest BCUT2D eigenvalue weighted by Gasteiger charge is -2.10. The van der Waals surface area contributed by atoms with Gasteiger partial charge in [-0.3, -0.25) is 4.79 Å². The molecule has 0 saturated carbocycles. The lowest BCUT2D eigenvalue weighted by molar-refractivity contribution is -0.113. The minimum absolute atomic E-state index is 0.0504. The van der Waals surface area contributed by atoms with Gasteiger partial charge in [-0.05, 0) is 24.1 Å². The molecule has 0 fully saturated rings. The van der Waals surface area contributed by atoms with Gasteiger partial charge in [0, 0.05) is 6.07 Å². The van der Waals surface area contributed by atoms with E-state index in [0.717, 1.165) is 0 Å². The van der Waals surface area contributed by atoms with E-state index in [9.17, 15) is 17.6 Å². The number of nitrogens with one attached hydrogen (secondary N) is 1. The van der Waals surface area contributed by atoms with E-state index in [0.29, 0.717) is 5.69 Å². The van der Waals surface area contributed by atoms with E-state index in [-0.39, 0.29) is 17.5 Å². The van der Waals surface area contributed by atoms with Crippen molar-refractivity contribution in [2.24, 2.45) is 5.92 Å². The van der Waals surface area contributed by atoms with E-state index in [1.54, 1.807) is 19.9 Å². The van der Waals surface area contributed by atoms with Crippen LogP contribution in [-0.4, -0.2) is 35.6 Å². The molecule has 8 heteroatoms. The van der Waals surface area contributed by atoms with Crippen LogP contribution in [0, 0.1) is 11.7 Å². The molecule has 0 atom stereocenters. The van der Waals surface area contributed by atoms with Crippen molar-refractivity contribution in [1.29, 1.82) is 0 Å². The van der Waals surface area contributed by atoms with Crippen LogP contribution in [0.1, 0.15) is 13.8 Å². The normalized spacial score (nSPS) is 11.7. The Morgan fingerprint density at radius 3 is 2.74 bits per heavy atom. The van der Waals surface area contributed by atoms with Crippen LogP contribution in [0.5, 0.6) is 0 Å². The van der Waals surface area contributed by atoms with Gasteiger partial charge >= 0.3 is 0 Å². The van der Waals surface area contributed by atoms with E-state index >= 15 is 0 Å². The van der Waals surface area contributed by atoms with Crippen molar-refractivity contribution in [3.05, 3.63) is 42.3 Å². The summed E-state index contributed by atoms with van der Waals surface area (Å²) in [5.41, 5.74) is 0.426. The van der Waals surface area contributed by atoms with Gasteiger partial charge in [0.1, 0.15) is 17.4 Å². The van der Waals surface area contributed by atoms with E-state index in [1.807, 2.05) is 0 Å². The maximum absolute atomic E-state index is 13.3. The first-order valence-corrected chi connectivity index (χ1v) is 8.89. The van der Waals surface area contributed by atoms with Gasteiger partial charge in [-0.2, -0.15) is 5.10 Å². The number of rotatable bonds is 6. The summed E-state index contributed by atoms with van der Waals surface area (Å²) in [6.07, 6.45) is 1.43. The number of hydrogen-bond acceptors (Lipinski definition) is 4. The van der Waals surface area contributed by atoms with Gasteiger partial charge in [0.25, 0.3) is 0 Å². The molecule has 23 heavy (non-hydrogen) atoms. The minimum Gasteiger partial charge on any atom is -0.310 e. The molecule has 0 unspecified atom stereocenters. The van der Waals surface area contributed by atoms with Crippen molar-refractivity contribution in [1.82, 2.24) is 9.78 Å². The lowest BCUT2D eigenvalue weighted by atomic mass is 10.3. The highest BCUT2D eigenvalue weighted by Crippen LogP contribution is 2.16. The summed E-state index contributed by atoms with van der Waals surface area (Å²) in [7, 11) is -3.47. The molecule has 0 aliphatic carbocycles. The number of carbonyl (C=O) groups is 1. The second kappa shape index (κ2) is 6.91. The minimum atomic E-state index is -3.47. The molecule has 0 saturated heterocycles. The summed E-state index contributed by atoms with van der Waals surface area (Å²) in [4.78, 5) is 12.0. The Hall–Kier alpha value is -2.22. The summed E-state index contributed by atoms with van der Waals surface area (Å²) in [6, 6.07) is 7.21. The standard InChI is InChI=1S/C15H18FN3O3S/c1-11(2)9-23(21,22)10-15(20)18-14-6-7-17-19(14)13-5-3-4-12(16)8-13/h3-8,11H,9-10H2,1-2H3,(H,18,20). The Labute approximate surface area is 134 Å². The summed E-state index contributed by atoms with van der Waals surface area (Å²) in [5.74, 6) is -1.51. The third-order valence-electron chi connectivity index (χ3n) is 2.90. The van der Waals surface area contributed by atoms with Gasteiger partial charge in [-0.1, -0.05) is 19.9 Å². The maximum Gasteiger partial charge on any atom is 0.240 e. The van der Waals surface area contributed by atoms with Crippen LogP contribution in [0.3, 0.4) is 0 Å². The Bertz CT molecular complexity index is 800. The van der Waals surface area contributed by atoms with Crippen LogP contribution in [0.2, 0.25) is 0 Å². The number of hydrogen-bond donors (Lipinski definition) is 1. The SMILES string of the molecule is CC(C)CS(=O)(=O)CC(=O)Nc1ccnn1-c1cccc(F)c1. The molecule has 1 heterocycles. The van der Waals surface area contributed by atoms with Crippen molar-refractivity contribution in [2.75, 3.05) is 16.8 Å². The molecule has 1 aromatic heterocycles. The van der Waals surface area contributed by atoms with Crippen LogP contribution in [0.25, 0.3) is 5.69 Å². The van der Waals surface area contributed by atoms with Crippen LogP contribution in [0.4, 0.5) is 10.2 Å². The highest BCUT2D eigenvalue weighted by atomic mass is 32.2. The zero-order valence-electron chi connectivity index (χ0n) is 12.9. The quantitative estimate of drug-likeness (QED) is 0.873. The Kier molecular flexibility index (Phi) is 5.15. The highest BCUT2D eigenvalue weighted by Gasteiger charge is 2.19. The fourth-order valence-electron chi connectivity index (χ4n) is 2.16. The number of benzene rings is 1. The van der Waals surface area contributed by atoms with Crippen LogP contribution < -0.4 is 5.32 Å². The highest BCUT2D eigenvalue weighted by molar-refractivity contribution is 7.92. The molecular weight excluding hydrogens is 321 g/mol. The molecule has 0 radical (unpaired) electrons. The van der Waals surface area contributed by atoms with Crippen LogP contribution in [-0.2, 0) is 14.6 Å². The van der Waals surface area contributed by atoms with Gasteiger partial charge in [0.15, 0.2) is 9.84 Å². The maximum atomic E-state index is 13.3. The van der Waals surface area contributed by atoms with E-state index in [2.05, 4.69) is 10.4 Å². The summed E-state index contributed by atoms with van der Waals surface area (Å²) >= 11 is 0. The number of anilines is 1. The zero-order chi connectivity index (χ0) is 17.0. The number of carbonyl (C=O) groups excluding carboxylic acids is 1. The molecule has 0 aliphatic rings. The molecule has 0 bridgehead atoms. The molecule has 1 aromatic carbocycles. The van der Waals surface area contributed by atoms with Crippen molar-refractivity contribution in [3.8, 4) is 5.69 Å². The second-order valence-electron chi connectivity index (χ2n) is 5.60. The average Bonchev–Trinajstić information content (AvgIpc) is 2.84. The number of aromatic nitrogens is 2. The summed E-state index contributed by atoms with van der Waals surface area (Å²) in [6.45, 7) is 3.54. The van der Waals surface area contributed by atoms with E-state index in [1.165, 1.54) is 35.1 Å². The van der Waals surface area contributed by atoms with Gasteiger partial charge < -0.3 is 5.32 Å². The molecule has 0 aliphatic heterocycles. The smallest absolute Gasteiger partial charge is 0.240 e. The molecule has 2 aromatic rings. The predicted octanol–water partition coefficient (Wildman–Crippen LogP) is 2.02. The average molecular weight is 339 g/mol. The zero-order valence-corrected chi connectivity index (χ0v) is 13.7. The second-order valence-corrected chi connectivity index (χ2v) is 7.71. The monoisotopic (exact) mass is 339 g/mol. The van der Waals surface area contributed by atoms with Crippen LogP contribution in [0.15, 0.2) is 36.5 Å². The van der Waals surface area contributed by atoms with Crippen molar-refractivity contribution < 1.29 is 17.6 Å². The van der Waals surface area contributed by atoms with Gasteiger partial charge in [-0.25, -0.2) is 17.5 Å². The Morgan fingerprint density at radius 2 is 2.09 bits per heavy atom. The Morgan fingerprint density at radius 1 is 1.35 bits per heavy atom. The molecule has 124 valence electrons. The Balaban J connectivity index is 2.13. The third-order valence-corrected chi connectivity index (χ3v) is 4.78. The van der Waals surface area contributed by atoms with Gasteiger partial charge in [0.2, 0.25) is 5.91 Å². The summed E-state index contributed by atoms with van der Waals surface area (Å²) < 4.78 is 38.3. The first-order valence-electron chi connectivity index (χ1n) is 7.07. The van der Waals surface area contributed by atoms with Crippen molar-refractivity contribution in [3.63, 3.8) is 0 Å². The molecular formula is C15H18FN3O3S. The lowest BCUT2D eigenvalue weighted by Crippen LogP contribution is -2.27. The molecule has 6 nitrogen and oxygen atoms in total. The van der Waals surface area contributed by atoms with Crippen LogP contribution >= 0.6 is 0 Å². The van der Waals surface area contributed by atoms with Crippen molar-refractivity contribution in [2.45, 2.75) is 13.8 Å². The fraction of sp³-hybridized carbons (Fsp3) is 0.333.